The highest BCUT2D eigenvalue weighted by atomic mass is 32.2. The summed E-state index contributed by atoms with van der Waals surface area (Å²) in [6, 6.07) is 13.3. The van der Waals surface area contributed by atoms with Crippen LogP contribution < -0.4 is 29.8 Å². The van der Waals surface area contributed by atoms with Gasteiger partial charge in [-0.2, -0.15) is 5.26 Å². The lowest BCUT2D eigenvalue weighted by Gasteiger charge is -2.20. The number of rotatable bonds is 11. The first-order valence-electron chi connectivity index (χ1n) is 14.1. The summed E-state index contributed by atoms with van der Waals surface area (Å²) in [5.74, 6) is 2.86. The molecule has 228 valence electrons. The number of nitriles is 1. The molecule has 0 atom stereocenters. The van der Waals surface area contributed by atoms with Gasteiger partial charge in [-0.25, -0.2) is 0 Å². The number of ether oxygens (including phenoxy) is 4. The number of hydrogen-bond acceptors (Lipinski definition) is 10. The van der Waals surface area contributed by atoms with E-state index < -0.39 is 0 Å². The minimum atomic E-state index is -0.368. The predicted molar refractivity (Wildman–Crippen MR) is 173 cm³/mol. The zero-order valence-electron chi connectivity index (χ0n) is 24.9. The number of pyridine rings is 1. The Balaban J connectivity index is 1.46. The third-order valence-corrected chi connectivity index (χ3v) is 8.78. The van der Waals surface area contributed by atoms with E-state index in [0.717, 1.165) is 11.1 Å². The Morgan fingerprint density at radius 3 is 2.57 bits per heavy atom. The van der Waals surface area contributed by atoms with Gasteiger partial charge in [-0.05, 0) is 66.8 Å². The van der Waals surface area contributed by atoms with Crippen molar-refractivity contribution >= 4 is 46.1 Å². The number of hydrogen-bond donors (Lipinski definition) is 1. The molecule has 0 radical (unpaired) electrons. The van der Waals surface area contributed by atoms with E-state index in [4.69, 9.17) is 31.2 Å². The van der Waals surface area contributed by atoms with E-state index >= 15 is 0 Å². The molecule has 1 aromatic heterocycles. The molecule has 3 aromatic rings. The first-order valence-corrected chi connectivity index (χ1v) is 15.3. The molecule has 0 saturated carbocycles. The number of benzene rings is 2. The zero-order valence-corrected chi connectivity index (χ0v) is 26.5. The molecule has 1 amide bonds. The first kappa shape index (κ1) is 31.0. The summed E-state index contributed by atoms with van der Waals surface area (Å²) >= 11 is 6.80. The molecule has 10 nitrogen and oxygen atoms in total. The molecule has 0 aliphatic carbocycles. The van der Waals surface area contributed by atoms with Gasteiger partial charge in [0.2, 0.25) is 6.79 Å². The number of aromatic nitrogens is 1. The van der Waals surface area contributed by atoms with Crippen LogP contribution in [-0.2, 0) is 24.3 Å². The highest BCUT2D eigenvalue weighted by Crippen LogP contribution is 2.38. The lowest BCUT2D eigenvalue weighted by atomic mass is 10.0. The van der Waals surface area contributed by atoms with Gasteiger partial charge in [0.15, 0.2) is 23.0 Å². The fraction of sp³-hybridized carbons (Fsp3) is 0.312. The maximum atomic E-state index is 13.6. The number of fused-ring (bicyclic) bond motifs is 1. The number of nitrogens with one attached hydrogen (secondary N) is 1. The van der Waals surface area contributed by atoms with Crippen LogP contribution in [0.15, 0.2) is 46.1 Å². The Labute approximate surface area is 265 Å². The van der Waals surface area contributed by atoms with Crippen LogP contribution in [-0.4, -0.2) is 47.3 Å². The van der Waals surface area contributed by atoms with Crippen LogP contribution in [0.1, 0.15) is 41.2 Å². The smallest absolute Gasteiger partial charge is 0.270 e. The molecule has 1 saturated heterocycles. The van der Waals surface area contributed by atoms with Crippen molar-refractivity contribution in [3.63, 3.8) is 0 Å². The van der Waals surface area contributed by atoms with Crippen LogP contribution in [0.3, 0.4) is 0 Å². The van der Waals surface area contributed by atoms with Crippen molar-refractivity contribution in [2.45, 2.75) is 39.8 Å². The number of thioether (sulfide) groups is 1. The number of methoxy groups -OCH3 is 2. The van der Waals surface area contributed by atoms with E-state index in [-0.39, 0.29) is 30.4 Å². The summed E-state index contributed by atoms with van der Waals surface area (Å²) in [5, 5.41) is 13.3. The minimum Gasteiger partial charge on any atom is -0.493 e. The van der Waals surface area contributed by atoms with Crippen LogP contribution >= 0.6 is 24.0 Å². The SMILES string of the molecule is CCCn1c(NCCc2ccc(OC)c(OC)c2)c(/C=C2/SC(=S)N(Cc3ccc4c(c3)OCO4)C2=O)c(C)c(C#N)c1=O. The topological polar surface area (TPSA) is 115 Å². The van der Waals surface area contributed by atoms with Gasteiger partial charge in [-0.1, -0.05) is 43.0 Å². The molecule has 5 rings (SSSR count). The summed E-state index contributed by atoms with van der Waals surface area (Å²) < 4.78 is 23.7. The van der Waals surface area contributed by atoms with Crippen molar-refractivity contribution in [2.24, 2.45) is 0 Å². The van der Waals surface area contributed by atoms with Crippen molar-refractivity contribution in [3.05, 3.63) is 79.5 Å². The van der Waals surface area contributed by atoms with Gasteiger partial charge < -0.3 is 24.3 Å². The van der Waals surface area contributed by atoms with E-state index in [2.05, 4.69) is 11.4 Å². The van der Waals surface area contributed by atoms with Crippen molar-refractivity contribution in [3.8, 4) is 29.1 Å². The van der Waals surface area contributed by atoms with Gasteiger partial charge in [-0.3, -0.25) is 19.1 Å². The summed E-state index contributed by atoms with van der Waals surface area (Å²) in [4.78, 5) is 29.0. The Hall–Kier alpha value is -4.47. The zero-order chi connectivity index (χ0) is 31.4. The summed E-state index contributed by atoms with van der Waals surface area (Å²) in [5.41, 5.74) is 2.64. The average Bonchev–Trinajstić information content (AvgIpc) is 3.60. The Morgan fingerprint density at radius 2 is 1.84 bits per heavy atom. The minimum absolute atomic E-state index is 0.0472. The lowest BCUT2D eigenvalue weighted by molar-refractivity contribution is -0.122. The molecule has 2 aliphatic rings. The molecule has 0 spiro atoms. The summed E-state index contributed by atoms with van der Waals surface area (Å²) in [7, 11) is 3.18. The molecule has 2 aliphatic heterocycles. The average molecular weight is 633 g/mol. The predicted octanol–water partition coefficient (Wildman–Crippen LogP) is 5.24. The van der Waals surface area contributed by atoms with E-state index in [1.807, 2.05) is 43.3 Å². The number of anilines is 1. The molecule has 2 aromatic carbocycles. The van der Waals surface area contributed by atoms with E-state index in [1.54, 1.807) is 31.8 Å². The third kappa shape index (κ3) is 6.11. The van der Waals surface area contributed by atoms with Crippen LogP contribution in [0.4, 0.5) is 5.82 Å². The number of carbonyl (C=O) groups excluding carboxylic acids is 1. The largest absolute Gasteiger partial charge is 0.493 e. The molecular formula is C32H32N4O6S2. The fourth-order valence-corrected chi connectivity index (χ4v) is 6.38. The van der Waals surface area contributed by atoms with Crippen molar-refractivity contribution in [1.82, 2.24) is 9.47 Å². The fourth-order valence-electron chi connectivity index (χ4n) is 5.14. The highest BCUT2D eigenvalue weighted by molar-refractivity contribution is 8.26. The third-order valence-electron chi connectivity index (χ3n) is 7.40. The van der Waals surface area contributed by atoms with Crippen LogP contribution in [0, 0.1) is 18.3 Å². The first-order chi connectivity index (χ1) is 21.3. The molecular weight excluding hydrogens is 601 g/mol. The van der Waals surface area contributed by atoms with E-state index in [1.165, 1.54) is 16.7 Å². The van der Waals surface area contributed by atoms with Crippen molar-refractivity contribution in [1.29, 1.82) is 5.26 Å². The number of nitrogens with zero attached hydrogens (tertiary/aromatic N) is 3. The lowest BCUT2D eigenvalue weighted by Crippen LogP contribution is -2.29. The van der Waals surface area contributed by atoms with Crippen LogP contribution in [0.5, 0.6) is 23.0 Å². The second kappa shape index (κ2) is 13.4. The molecule has 0 bridgehead atoms. The highest BCUT2D eigenvalue weighted by Gasteiger charge is 2.33. The van der Waals surface area contributed by atoms with Crippen LogP contribution in [0.25, 0.3) is 6.08 Å². The maximum Gasteiger partial charge on any atom is 0.270 e. The normalized spacial score (nSPS) is 14.7. The Morgan fingerprint density at radius 1 is 1.09 bits per heavy atom. The monoisotopic (exact) mass is 632 g/mol. The second-order valence-corrected chi connectivity index (χ2v) is 11.8. The van der Waals surface area contributed by atoms with Crippen molar-refractivity contribution < 1.29 is 23.7 Å². The van der Waals surface area contributed by atoms with Gasteiger partial charge in [-0.15, -0.1) is 0 Å². The summed E-state index contributed by atoms with van der Waals surface area (Å²) in [6.45, 7) is 5.01. The molecule has 1 N–H and O–H groups in total. The van der Waals surface area contributed by atoms with Crippen molar-refractivity contribution in [2.75, 3.05) is 32.9 Å². The molecule has 3 heterocycles. The second-order valence-electron chi connectivity index (χ2n) is 10.2. The van der Waals surface area contributed by atoms with Gasteiger partial charge in [0.25, 0.3) is 11.5 Å². The van der Waals surface area contributed by atoms with E-state index in [0.29, 0.717) is 75.1 Å². The van der Waals surface area contributed by atoms with Gasteiger partial charge in [0.05, 0.1) is 25.7 Å². The van der Waals surface area contributed by atoms with E-state index in [9.17, 15) is 14.9 Å². The molecule has 1 fully saturated rings. The maximum absolute atomic E-state index is 13.6. The van der Waals surface area contributed by atoms with Crippen LogP contribution in [0.2, 0.25) is 0 Å². The van der Waals surface area contributed by atoms with Gasteiger partial charge in [0, 0.05) is 18.7 Å². The van der Waals surface area contributed by atoms with Gasteiger partial charge in [0.1, 0.15) is 21.8 Å². The molecule has 12 heteroatoms. The summed E-state index contributed by atoms with van der Waals surface area (Å²) in [6.07, 6.45) is 3.03. The molecule has 44 heavy (non-hydrogen) atoms. The quantitative estimate of drug-likeness (QED) is 0.222. The Bertz CT molecular complexity index is 1760. The number of carbonyl (C=O) groups is 1. The number of thiocarbonyl (C=S) groups is 1. The van der Waals surface area contributed by atoms with Gasteiger partial charge >= 0.3 is 0 Å². The Kier molecular flexibility index (Phi) is 9.46. The standard InChI is InChI=1S/C32H32N4O6S2/c1-5-12-35-29(34-11-10-20-6-8-24(39-3)26(13-20)40-4)22(19(2)23(16-33)30(35)37)15-28-31(38)36(32(43)44-28)17-21-7-9-25-27(14-21)42-18-41-25/h6-9,13-15,34H,5,10-12,17-18H2,1-4H3/b28-15+. The molecule has 0 unspecified atom stereocenters. The number of amides is 1.